The summed E-state index contributed by atoms with van der Waals surface area (Å²) in [5, 5.41) is 6.93. The number of nitrogens with one attached hydrogen (secondary N) is 2. The summed E-state index contributed by atoms with van der Waals surface area (Å²) in [6.45, 7) is 5.96. The van der Waals surface area contributed by atoms with Crippen LogP contribution < -0.4 is 15.5 Å². The van der Waals surface area contributed by atoms with Gasteiger partial charge in [0.1, 0.15) is 29.3 Å². The lowest BCUT2D eigenvalue weighted by Crippen LogP contribution is -2.49. The third-order valence-corrected chi connectivity index (χ3v) is 4.99. The molecule has 3 rings (SSSR count). The van der Waals surface area contributed by atoms with Crippen LogP contribution in [-0.4, -0.2) is 17.9 Å². The largest absolute Gasteiger partial charge is 0.368 e. The summed E-state index contributed by atoms with van der Waals surface area (Å²) in [7, 11) is 0. The van der Waals surface area contributed by atoms with Crippen LogP contribution in [0.1, 0.15) is 52.9 Å². The summed E-state index contributed by atoms with van der Waals surface area (Å²) >= 11 is 0. The molecule has 138 valence electrons. The summed E-state index contributed by atoms with van der Waals surface area (Å²) in [5.74, 6) is -0.313. The zero-order valence-electron chi connectivity index (χ0n) is 15.0. The number of rotatable bonds is 4. The number of halogens is 3. The van der Waals surface area contributed by atoms with Gasteiger partial charge in [0.2, 0.25) is 0 Å². The van der Waals surface area contributed by atoms with Crippen LogP contribution in [-0.2, 0) is 0 Å². The second-order valence-corrected chi connectivity index (χ2v) is 7.42. The number of hydrogen-bond donors (Lipinski definition) is 2. The third kappa shape index (κ3) is 3.72. The van der Waals surface area contributed by atoms with Gasteiger partial charge in [-0.25, -0.2) is 13.2 Å². The Labute approximate surface area is 147 Å². The van der Waals surface area contributed by atoms with Crippen LogP contribution in [0.15, 0.2) is 29.7 Å². The van der Waals surface area contributed by atoms with Crippen molar-refractivity contribution < 1.29 is 13.2 Å². The maximum atomic E-state index is 13.7. The Morgan fingerprint density at radius 3 is 2.28 bits per heavy atom. The van der Waals surface area contributed by atoms with Crippen LogP contribution in [0.5, 0.6) is 0 Å². The summed E-state index contributed by atoms with van der Waals surface area (Å²) in [6.07, 6.45) is 2.74. The topological polar surface area (TPSA) is 27.3 Å². The second-order valence-electron chi connectivity index (χ2n) is 7.42. The van der Waals surface area contributed by atoms with E-state index in [0.29, 0.717) is 24.9 Å². The lowest BCUT2D eigenvalue weighted by molar-refractivity contribution is 0.223. The van der Waals surface area contributed by atoms with Crippen LogP contribution in [0.4, 0.5) is 18.9 Å². The smallest absolute Gasteiger partial charge is 0.128 e. The number of anilines is 1. The molecule has 0 saturated heterocycles. The van der Waals surface area contributed by atoms with Crippen molar-refractivity contribution in [1.82, 2.24) is 10.6 Å². The van der Waals surface area contributed by atoms with Crippen LogP contribution in [0.3, 0.4) is 0 Å². The highest BCUT2D eigenvalue weighted by molar-refractivity contribution is 5.58. The fourth-order valence-electron chi connectivity index (χ4n) is 3.89. The SMILES string of the molecule is CCC1=C(NC2CCC(F)CC2)NC(C)(C)N1c1cc(F)cc(F)c1. The summed E-state index contributed by atoms with van der Waals surface area (Å²) in [5.41, 5.74) is 0.916. The maximum Gasteiger partial charge on any atom is 0.128 e. The first-order valence-corrected chi connectivity index (χ1v) is 8.98. The molecule has 1 fully saturated rings. The Kier molecular flexibility index (Phi) is 4.89. The molecule has 25 heavy (non-hydrogen) atoms. The molecular formula is C19H26F3N3. The van der Waals surface area contributed by atoms with Gasteiger partial charge in [0.05, 0.1) is 5.70 Å². The normalized spacial score (nSPS) is 25.9. The van der Waals surface area contributed by atoms with Gasteiger partial charge in [0, 0.05) is 17.8 Å². The fourth-order valence-corrected chi connectivity index (χ4v) is 3.89. The first-order chi connectivity index (χ1) is 11.8. The lowest BCUT2D eigenvalue weighted by atomic mass is 9.94. The number of hydrogen-bond acceptors (Lipinski definition) is 3. The molecule has 0 spiro atoms. The Morgan fingerprint density at radius 1 is 1.12 bits per heavy atom. The molecule has 1 aliphatic carbocycles. The minimum atomic E-state index is -0.697. The Balaban J connectivity index is 1.89. The predicted molar refractivity (Wildman–Crippen MR) is 93.7 cm³/mol. The van der Waals surface area contributed by atoms with E-state index < -0.39 is 23.5 Å². The van der Waals surface area contributed by atoms with Gasteiger partial charge in [-0.05, 0) is 58.1 Å². The van der Waals surface area contributed by atoms with Crippen molar-refractivity contribution >= 4 is 5.69 Å². The van der Waals surface area contributed by atoms with Crippen molar-refractivity contribution in [2.45, 2.75) is 70.8 Å². The zero-order valence-corrected chi connectivity index (χ0v) is 15.0. The molecule has 0 radical (unpaired) electrons. The molecule has 1 aliphatic heterocycles. The molecule has 2 N–H and O–H groups in total. The zero-order chi connectivity index (χ0) is 18.2. The van der Waals surface area contributed by atoms with Gasteiger partial charge in [0.15, 0.2) is 0 Å². The Hall–Kier alpha value is -1.85. The van der Waals surface area contributed by atoms with Gasteiger partial charge in [-0.2, -0.15) is 0 Å². The summed E-state index contributed by atoms with van der Waals surface area (Å²) < 4.78 is 40.8. The lowest BCUT2D eigenvalue weighted by Gasteiger charge is -2.35. The van der Waals surface area contributed by atoms with Crippen molar-refractivity contribution in [2.24, 2.45) is 0 Å². The van der Waals surface area contributed by atoms with E-state index in [0.717, 1.165) is 30.4 Å². The Morgan fingerprint density at radius 2 is 1.72 bits per heavy atom. The molecule has 2 aliphatic rings. The van der Waals surface area contributed by atoms with Crippen molar-refractivity contribution in [2.75, 3.05) is 4.90 Å². The molecule has 1 aromatic carbocycles. The number of alkyl halides is 1. The van der Waals surface area contributed by atoms with Crippen LogP contribution in [0, 0.1) is 11.6 Å². The molecule has 3 nitrogen and oxygen atoms in total. The van der Waals surface area contributed by atoms with E-state index in [1.807, 2.05) is 25.7 Å². The highest BCUT2D eigenvalue weighted by Crippen LogP contribution is 2.36. The minimum absolute atomic E-state index is 0.219. The fraction of sp³-hybridized carbons (Fsp3) is 0.579. The molecule has 0 aromatic heterocycles. The van der Waals surface area contributed by atoms with E-state index in [-0.39, 0.29) is 6.04 Å². The van der Waals surface area contributed by atoms with Crippen molar-refractivity contribution in [1.29, 1.82) is 0 Å². The summed E-state index contributed by atoms with van der Waals surface area (Å²) in [6, 6.07) is 3.79. The van der Waals surface area contributed by atoms with Crippen LogP contribution >= 0.6 is 0 Å². The van der Waals surface area contributed by atoms with Crippen LogP contribution in [0.2, 0.25) is 0 Å². The number of nitrogens with zero attached hydrogens (tertiary/aromatic N) is 1. The highest BCUT2D eigenvalue weighted by atomic mass is 19.1. The van der Waals surface area contributed by atoms with Gasteiger partial charge >= 0.3 is 0 Å². The number of benzene rings is 1. The molecule has 0 unspecified atom stereocenters. The predicted octanol–water partition coefficient (Wildman–Crippen LogP) is 4.56. The first-order valence-electron chi connectivity index (χ1n) is 8.98. The van der Waals surface area contributed by atoms with E-state index >= 15 is 0 Å². The monoisotopic (exact) mass is 353 g/mol. The van der Waals surface area contributed by atoms with E-state index in [4.69, 9.17) is 0 Å². The molecule has 0 amide bonds. The van der Waals surface area contributed by atoms with Crippen molar-refractivity contribution in [3.8, 4) is 0 Å². The quantitative estimate of drug-likeness (QED) is 0.831. The first kappa shape index (κ1) is 18.0. The average molecular weight is 353 g/mol. The highest BCUT2D eigenvalue weighted by Gasteiger charge is 2.39. The minimum Gasteiger partial charge on any atom is -0.368 e. The standard InChI is InChI=1S/C19H26F3N3/c1-4-17-18(23-15-7-5-12(20)6-8-15)24-19(2,3)25(17)16-10-13(21)9-14(22)11-16/h9-12,15,23-24H,4-8H2,1-3H3. The van der Waals surface area contributed by atoms with E-state index in [1.165, 1.54) is 12.1 Å². The van der Waals surface area contributed by atoms with Gasteiger partial charge in [-0.15, -0.1) is 0 Å². The molecule has 6 heteroatoms. The second kappa shape index (κ2) is 6.81. The van der Waals surface area contributed by atoms with Crippen molar-refractivity contribution in [3.63, 3.8) is 0 Å². The molecule has 1 heterocycles. The van der Waals surface area contributed by atoms with E-state index in [1.54, 1.807) is 0 Å². The molecule has 0 atom stereocenters. The molecule has 1 aromatic rings. The third-order valence-electron chi connectivity index (χ3n) is 4.99. The van der Waals surface area contributed by atoms with Gasteiger partial charge in [-0.3, -0.25) is 0 Å². The Bertz CT molecular complexity index is 644. The van der Waals surface area contributed by atoms with E-state index in [9.17, 15) is 13.2 Å². The molecule has 0 bridgehead atoms. The number of allylic oxidation sites excluding steroid dienone is 1. The molecular weight excluding hydrogens is 327 g/mol. The van der Waals surface area contributed by atoms with Crippen molar-refractivity contribution in [3.05, 3.63) is 41.4 Å². The van der Waals surface area contributed by atoms with E-state index in [2.05, 4.69) is 10.6 Å². The van der Waals surface area contributed by atoms with Gasteiger partial charge in [0.25, 0.3) is 0 Å². The van der Waals surface area contributed by atoms with Gasteiger partial charge in [-0.1, -0.05) is 6.92 Å². The van der Waals surface area contributed by atoms with Gasteiger partial charge < -0.3 is 15.5 Å². The molecule has 1 saturated carbocycles. The average Bonchev–Trinajstić information content (AvgIpc) is 2.78. The summed E-state index contributed by atoms with van der Waals surface area (Å²) in [4.78, 5) is 1.93. The van der Waals surface area contributed by atoms with Crippen LogP contribution in [0.25, 0.3) is 0 Å². The maximum absolute atomic E-state index is 13.7.